The van der Waals surface area contributed by atoms with E-state index in [2.05, 4.69) is 36.1 Å². The van der Waals surface area contributed by atoms with Gasteiger partial charge >= 0.3 is 0 Å². The molecular formula is C21H25NO. The first kappa shape index (κ1) is 15.8. The average Bonchev–Trinajstić information content (AvgIpc) is 2.63. The number of nitrogens with zero attached hydrogens (tertiary/aromatic N) is 1. The van der Waals surface area contributed by atoms with Crippen molar-refractivity contribution in [2.45, 2.75) is 44.6 Å². The lowest BCUT2D eigenvalue weighted by atomic mass is 9.88. The maximum atomic E-state index is 13.4. The number of benzene rings is 2. The smallest absolute Gasteiger partial charge is 0.234 e. The molecule has 0 aromatic heterocycles. The molecule has 0 radical (unpaired) electrons. The Balaban J connectivity index is 1.96. The molecule has 0 saturated carbocycles. The molecule has 23 heavy (non-hydrogen) atoms. The van der Waals surface area contributed by atoms with Gasteiger partial charge in [-0.2, -0.15) is 0 Å². The Morgan fingerprint density at radius 2 is 1.57 bits per heavy atom. The van der Waals surface area contributed by atoms with Crippen molar-refractivity contribution in [1.82, 2.24) is 4.90 Å². The third-order valence-electron chi connectivity index (χ3n) is 4.89. The predicted octanol–water partition coefficient (Wildman–Crippen LogP) is 4.61. The number of hydrogen-bond donors (Lipinski definition) is 0. The molecule has 1 unspecified atom stereocenters. The molecule has 0 N–H and O–H groups in total. The summed E-state index contributed by atoms with van der Waals surface area (Å²) in [5, 5.41) is 0. The lowest BCUT2D eigenvalue weighted by Crippen LogP contribution is -2.45. The molecule has 1 fully saturated rings. The lowest BCUT2D eigenvalue weighted by Gasteiger charge is -2.37. The van der Waals surface area contributed by atoms with Gasteiger partial charge in [-0.3, -0.25) is 4.79 Å². The summed E-state index contributed by atoms with van der Waals surface area (Å²) in [4.78, 5) is 15.5. The van der Waals surface area contributed by atoms with Gasteiger partial charge in [-0.25, -0.2) is 0 Å². The van der Waals surface area contributed by atoms with Gasteiger partial charge in [-0.05, 0) is 36.8 Å². The van der Waals surface area contributed by atoms with Gasteiger partial charge in [0.1, 0.15) is 0 Å². The van der Waals surface area contributed by atoms with E-state index in [4.69, 9.17) is 0 Å². The second kappa shape index (κ2) is 7.45. The van der Waals surface area contributed by atoms with Gasteiger partial charge < -0.3 is 4.90 Å². The lowest BCUT2D eigenvalue weighted by molar-refractivity contribution is -0.135. The molecule has 0 aliphatic carbocycles. The van der Waals surface area contributed by atoms with Crippen molar-refractivity contribution in [3.63, 3.8) is 0 Å². The van der Waals surface area contributed by atoms with Crippen LogP contribution >= 0.6 is 0 Å². The Labute approximate surface area is 139 Å². The first-order chi connectivity index (χ1) is 11.3. The number of amides is 1. The molecule has 1 amide bonds. The Kier molecular flexibility index (Phi) is 5.12. The number of hydrogen-bond acceptors (Lipinski definition) is 1. The van der Waals surface area contributed by atoms with Crippen molar-refractivity contribution in [2.24, 2.45) is 0 Å². The zero-order chi connectivity index (χ0) is 16.1. The molecule has 0 spiro atoms. The zero-order valence-electron chi connectivity index (χ0n) is 13.8. The molecule has 2 heteroatoms. The van der Waals surface area contributed by atoms with E-state index < -0.39 is 0 Å². The van der Waals surface area contributed by atoms with E-state index in [0.717, 1.165) is 36.9 Å². The Hall–Kier alpha value is -2.09. The topological polar surface area (TPSA) is 20.3 Å². The van der Waals surface area contributed by atoms with Crippen LogP contribution < -0.4 is 0 Å². The highest BCUT2D eigenvalue weighted by Crippen LogP contribution is 2.30. The van der Waals surface area contributed by atoms with Crippen molar-refractivity contribution in [3.8, 4) is 0 Å². The summed E-state index contributed by atoms with van der Waals surface area (Å²) in [6.07, 6.45) is 4.54. The number of carbonyl (C=O) groups is 1. The normalized spacial score (nSPS) is 18.2. The van der Waals surface area contributed by atoms with E-state index in [1.54, 1.807) is 0 Å². The summed E-state index contributed by atoms with van der Waals surface area (Å²) in [5.74, 6) is 0.0681. The molecule has 1 atom stereocenters. The maximum Gasteiger partial charge on any atom is 0.234 e. The van der Waals surface area contributed by atoms with Crippen molar-refractivity contribution < 1.29 is 4.79 Å². The SMILES string of the molecule is CCC1CCCCN1C(=O)C(c1ccccc1)c1ccccc1. The Morgan fingerprint density at radius 1 is 1.00 bits per heavy atom. The van der Waals surface area contributed by atoms with E-state index in [1.807, 2.05) is 36.4 Å². The van der Waals surface area contributed by atoms with Crippen molar-refractivity contribution in [1.29, 1.82) is 0 Å². The van der Waals surface area contributed by atoms with Crippen LogP contribution in [-0.2, 0) is 4.79 Å². The average molecular weight is 307 g/mol. The molecule has 1 saturated heterocycles. The summed E-state index contributed by atoms with van der Waals surface area (Å²) in [5.41, 5.74) is 2.17. The summed E-state index contributed by atoms with van der Waals surface area (Å²) in [7, 11) is 0. The number of rotatable bonds is 4. The third kappa shape index (κ3) is 3.47. The number of piperidine rings is 1. The van der Waals surface area contributed by atoms with E-state index in [1.165, 1.54) is 6.42 Å². The minimum absolute atomic E-state index is 0.190. The minimum atomic E-state index is -0.190. The molecule has 1 heterocycles. The minimum Gasteiger partial charge on any atom is -0.339 e. The van der Waals surface area contributed by atoms with Crippen LogP contribution in [0.25, 0.3) is 0 Å². The van der Waals surface area contributed by atoms with Crippen LogP contribution in [0, 0.1) is 0 Å². The van der Waals surface area contributed by atoms with Gasteiger partial charge in [0.05, 0.1) is 5.92 Å². The summed E-state index contributed by atoms with van der Waals surface area (Å²) < 4.78 is 0. The first-order valence-corrected chi connectivity index (χ1v) is 8.71. The molecule has 1 aliphatic rings. The van der Waals surface area contributed by atoms with Gasteiger partial charge in [0.15, 0.2) is 0 Å². The quantitative estimate of drug-likeness (QED) is 0.807. The van der Waals surface area contributed by atoms with Crippen LogP contribution in [0.5, 0.6) is 0 Å². The third-order valence-corrected chi connectivity index (χ3v) is 4.89. The predicted molar refractivity (Wildman–Crippen MR) is 94.4 cm³/mol. The maximum absolute atomic E-state index is 13.4. The zero-order valence-corrected chi connectivity index (χ0v) is 13.8. The molecule has 2 aromatic rings. The van der Waals surface area contributed by atoms with Gasteiger partial charge in [0, 0.05) is 12.6 Å². The summed E-state index contributed by atoms with van der Waals surface area (Å²) in [6.45, 7) is 3.09. The highest BCUT2D eigenvalue weighted by Gasteiger charge is 2.32. The molecule has 1 aliphatic heterocycles. The molecule has 2 nitrogen and oxygen atoms in total. The van der Waals surface area contributed by atoms with Crippen LogP contribution in [0.3, 0.4) is 0 Å². The number of likely N-dealkylation sites (tertiary alicyclic amines) is 1. The van der Waals surface area contributed by atoms with Crippen LogP contribution in [-0.4, -0.2) is 23.4 Å². The molecule has 0 bridgehead atoms. The monoisotopic (exact) mass is 307 g/mol. The fourth-order valence-corrected chi connectivity index (χ4v) is 3.65. The van der Waals surface area contributed by atoms with Crippen LogP contribution in [0.15, 0.2) is 60.7 Å². The highest BCUT2D eigenvalue weighted by atomic mass is 16.2. The van der Waals surface area contributed by atoms with Crippen molar-refractivity contribution in [3.05, 3.63) is 71.8 Å². The number of carbonyl (C=O) groups excluding carboxylic acids is 1. The largest absolute Gasteiger partial charge is 0.339 e. The Bertz CT molecular complexity index is 583. The fourth-order valence-electron chi connectivity index (χ4n) is 3.65. The summed E-state index contributed by atoms with van der Waals surface area (Å²) in [6, 6.07) is 20.8. The van der Waals surface area contributed by atoms with Gasteiger partial charge in [-0.1, -0.05) is 67.6 Å². The van der Waals surface area contributed by atoms with Crippen LogP contribution in [0.2, 0.25) is 0 Å². The van der Waals surface area contributed by atoms with Crippen LogP contribution in [0.1, 0.15) is 49.7 Å². The van der Waals surface area contributed by atoms with Gasteiger partial charge in [0.2, 0.25) is 5.91 Å². The van der Waals surface area contributed by atoms with E-state index in [-0.39, 0.29) is 11.8 Å². The van der Waals surface area contributed by atoms with Crippen molar-refractivity contribution >= 4 is 5.91 Å². The van der Waals surface area contributed by atoms with Gasteiger partial charge in [-0.15, -0.1) is 0 Å². The standard InChI is InChI=1S/C21H25NO/c1-2-19-15-9-10-16-22(19)21(23)20(17-11-5-3-6-12-17)18-13-7-4-8-14-18/h3-8,11-14,19-20H,2,9-10,15-16H2,1H3. The van der Waals surface area contributed by atoms with Crippen LogP contribution in [0.4, 0.5) is 0 Å². The molecule has 2 aromatic carbocycles. The molecule has 120 valence electrons. The molecular weight excluding hydrogens is 282 g/mol. The van der Waals surface area contributed by atoms with E-state index in [0.29, 0.717) is 6.04 Å². The first-order valence-electron chi connectivity index (χ1n) is 8.71. The van der Waals surface area contributed by atoms with E-state index in [9.17, 15) is 4.79 Å². The van der Waals surface area contributed by atoms with Gasteiger partial charge in [0.25, 0.3) is 0 Å². The van der Waals surface area contributed by atoms with Crippen molar-refractivity contribution in [2.75, 3.05) is 6.54 Å². The summed E-state index contributed by atoms with van der Waals surface area (Å²) >= 11 is 0. The Morgan fingerprint density at radius 3 is 2.09 bits per heavy atom. The second-order valence-electron chi connectivity index (χ2n) is 6.34. The second-order valence-corrected chi connectivity index (χ2v) is 6.34. The highest BCUT2D eigenvalue weighted by molar-refractivity contribution is 5.87. The molecule has 3 rings (SSSR count). The fraction of sp³-hybridized carbons (Fsp3) is 0.381. The van der Waals surface area contributed by atoms with E-state index >= 15 is 0 Å².